The Kier molecular flexibility index (Phi) is 5.08. The predicted octanol–water partition coefficient (Wildman–Crippen LogP) is 0.623. The number of aliphatic carboxylic acids is 1. The summed E-state index contributed by atoms with van der Waals surface area (Å²) >= 11 is 0. The Morgan fingerprint density at radius 3 is 2.42 bits per heavy atom. The van der Waals surface area contributed by atoms with Crippen LogP contribution in [-0.2, 0) is 9.59 Å². The Hall–Kier alpha value is -1.06. The van der Waals surface area contributed by atoms with Crippen molar-refractivity contribution in [3.05, 3.63) is 0 Å². The Morgan fingerprint density at radius 1 is 1.50 bits per heavy atom. The van der Waals surface area contributed by atoms with Gasteiger partial charge in [-0.15, -0.1) is 0 Å². The molecule has 0 aliphatic heterocycles. The van der Waals surface area contributed by atoms with Crippen LogP contribution < -0.4 is 5.32 Å². The first kappa shape index (κ1) is 10.9. The number of rotatable bonds is 5. The molecule has 0 saturated heterocycles. The van der Waals surface area contributed by atoms with Crippen LogP contribution in [0, 0.1) is 5.92 Å². The van der Waals surface area contributed by atoms with Gasteiger partial charge in [0.1, 0.15) is 0 Å². The molecule has 4 nitrogen and oxygen atoms in total. The van der Waals surface area contributed by atoms with Crippen LogP contribution in [0.4, 0.5) is 0 Å². The number of carboxylic acid groups (broad SMARTS) is 1. The van der Waals surface area contributed by atoms with Crippen molar-refractivity contribution in [3.63, 3.8) is 0 Å². The van der Waals surface area contributed by atoms with Gasteiger partial charge in [0.05, 0.1) is 5.92 Å². The van der Waals surface area contributed by atoms with Gasteiger partial charge in [0.15, 0.2) is 0 Å². The third-order valence-corrected chi connectivity index (χ3v) is 1.70. The summed E-state index contributed by atoms with van der Waals surface area (Å²) in [6.07, 6.45) is 1.43. The molecule has 0 rings (SSSR count). The van der Waals surface area contributed by atoms with Crippen molar-refractivity contribution < 1.29 is 14.7 Å². The van der Waals surface area contributed by atoms with Crippen LogP contribution in [0.3, 0.4) is 0 Å². The zero-order valence-electron chi connectivity index (χ0n) is 7.46. The van der Waals surface area contributed by atoms with E-state index in [0.717, 1.165) is 6.42 Å². The van der Waals surface area contributed by atoms with E-state index >= 15 is 0 Å². The highest BCUT2D eigenvalue weighted by Gasteiger charge is 2.19. The number of hydrogen-bond donors (Lipinski definition) is 2. The molecule has 70 valence electrons. The average Bonchev–Trinajstić information content (AvgIpc) is 2.03. The Labute approximate surface area is 72.0 Å². The molecular formula is C8H15NO3. The molecule has 0 radical (unpaired) electrons. The first-order valence-electron chi connectivity index (χ1n) is 4.05. The van der Waals surface area contributed by atoms with E-state index in [-0.39, 0.29) is 12.3 Å². The van der Waals surface area contributed by atoms with Gasteiger partial charge in [-0.1, -0.05) is 13.3 Å². The lowest BCUT2D eigenvalue weighted by Crippen LogP contribution is -2.25. The minimum atomic E-state index is -0.888. The number of hydrogen-bond acceptors (Lipinski definition) is 2. The minimum Gasteiger partial charge on any atom is -0.481 e. The third kappa shape index (κ3) is 3.95. The van der Waals surface area contributed by atoms with E-state index < -0.39 is 11.9 Å². The fourth-order valence-electron chi connectivity index (χ4n) is 0.987. The van der Waals surface area contributed by atoms with Gasteiger partial charge in [-0.25, -0.2) is 0 Å². The minimum absolute atomic E-state index is 0.0830. The van der Waals surface area contributed by atoms with Crippen molar-refractivity contribution in [2.45, 2.75) is 26.2 Å². The van der Waals surface area contributed by atoms with E-state index in [2.05, 4.69) is 5.32 Å². The van der Waals surface area contributed by atoms with Gasteiger partial charge in [-0.3, -0.25) is 9.59 Å². The molecule has 0 unspecified atom stereocenters. The molecule has 12 heavy (non-hydrogen) atoms. The molecule has 0 heterocycles. The molecule has 0 aliphatic rings. The summed E-state index contributed by atoms with van der Waals surface area (Å²) in [6, 6.07) is 0. The first-order chi connectivity index (χ1) is 5.61. The third-order valence-electron chi connectivity index (χ3n) is 1.70. The quantitative estimate of drug-likeness (QED) is 0.640. The monoisotopic (exact) mass is 173 g/mol. The number of nitrogens with one attached hydrogen (secondary N) is 1. The van der Waals surface area contributed by atoms with Gasteiger partial charge in [-0.05, 0) is 6.42 Å². The second-order valence-corrected chi connectivity index (χ2v) is 2.70. The summed E-state index contributed by atoms with van der Waals surface area (Å²) in [4.78, 5) is 21.4. The standard InChI is InChI=1S/C8H15NO3/c1-3-4-6(8(11)12)5-7(10)9-2/h6H,3-5H2,1-2H3,(H,9,10)(H,11,12)/t6-/m0/s1. The highest BCUT2D eigenvalue weighted by Crippen LogP contribution is 2.10. The molecule has 2 N–H and O–H groups in total. The van der Waals surface area contributed by atoms with Gasteiger partial charge in [0, 0.05) is 13.5 Å². The smallest absolute Gasteiger partial charge is 0.307 e. The van der Waals surface area contributed by atoms with Gasteiger partial charge in [0.2, 0.25) is 5.91 Å². The van der Waals surface area contributed by atoms with Crippen LogP contribution in [0.25, 0.3) is 0 Å². The summed E-state index contributed by atoms with van der Waals surface area (Å²) in [5.41, 5.74) is 0. The Balaban J connectivity index is 3.95. The largest absolute Gasteiger partial charge is 0.481 e. The van der Waals surface area contributed by atoms with Crippen molar-refractivity contribution in [3.8, 4) is 0 Å². The lowest BCUT2D eigenvalue weighted by Gasteiger charge is -2.08. The van der Waals surface area contributed by atoms with Crippen LogP contribution >= 0.6 is 0 Å². The zero-order valence-corrected chi connectivity index (χ0v) is 7.46. The predicted molar refractivity (Wildman–Crippen MR) is 44.7 cm³/mol. The van der Waals surface area contributed by atoms with E-state index in [1.54, 1.807) is 0 Å². The lowest BCUT2D eigenvalue weighted by molar-refractivity contribution is -0.144. The molecule has 0 aliphatic carbocycles. The molecule has 1 atom stereocenters. The highest BCUT2D eigenvalue weighted by molar-refractivity contribution is 5.81. The molecule has 0 bridgehead atoms. The maximum atomic E-state index is 10.8. The van der Waals surface area contributed by atoms with Crippen molar-refractivity contribution in [2.75, 3.05) is 7.05 Å². The first-order valence-corrected chi connectivity index (χ1v) is 4.05. The molecule has 4 heteroatoms. The van der Waals surface area contributed by atoms with Gasteiger partial charge < -0.3 is 10.4 Å². The van der Waals surface area contributed by atoms with Crippen LogP contribution in [-0.4, -0.2) is 24.0 Å². The van der Waals surface area contributed by atoms with Crippen LogP contribution in [0.15, 0.2) is 0 Å². The second kappa shape index (κ2) is 5.57. The van der Waals surface area contributed by atoms with E-state index in [4.69, 9.17) is 5.11 Å². The van der Waals surface area contributed by atoms with Crippen molar-refractivity contribution in [2.24, 2.45) is 5.92 Å². The molecule has 0 spiro atoms. The summed E-state index contributed by atoms with van der Waals surface area (Å²) in [7, 11) is 1.51. The van der Waals surface area contributed by atoms with E-state index in [1.807, 2.05) is 6.92 Å². The van der Waals surface area contributed by atoms with Crippen molar-refractivity contribution >= 4 is 11.9 Å². The zero-order chi connectivity index (χ0) is 9.56. The Morgan fingerprint density at radius 2 is 2.08 bits per heavy atom. The summed E-state index contributed by atoms with van der Waals surface area (Å²) in [5.74, 6) is -1.63. The number of carboxylic acids is 1. The van der Waals surface area contributed by atoms with Crippen molar-refractivity contribution in [1.29, 1.82) is 0 Å². The number of amides is 1. The Bertz CT molecular complexity index is 166. The van der Waals surface area contributed by atoms with Gasteiger partial charge in [0.25, 0.3) is 0 Å². The van der Waals surface area contributed by atoms with Crippen molar-refractivity contribution in [1.82, 2.24) is 5.32 Å². The normalized spacial score (nSPS) is 12.2. The molecule has 0 fully saturated rings. The average molecular weight is 173 g/mol. The highest BCUT2D eigenvalue weighted by atomic mass is 16.4. The molecular weight excluding hydrogens is 158 g/mol. The maximum Gasteiger partial charge on any atom is 0.307 e. The van der Waals surface area contributed by atoms with Crippen LogP contribution in [0.5, 0.6) is 0 Å². The van der Waals surface area contributed by atoms with Crippen LogP contribution in [0.1, 0.15) is 26.2 Å². The van der Waals surface area contributed by atoms with Gasteiger partial charge in [-0.2, -0.15) is 0 Å². The fraction of sp³-hybridized carbons (Fsp3) is 0.750. The topological polar surface area (TPSA) is 66.4 Å². The molecule has 1 amide bonds. The fourth-order valence-corrected chi connectivity index (χ4v) is 0.987. The van der Waals surface area contributed by atoms with E-state index in [0.29, 0.717) is 6.42 Å². The molecule has 0 aromatic heterocycles. The van der Waals surface area contributed by atoms with E-state index in [9.17, 15) is 9.59 Å². The number of carbonyl (C=O) groups is 2. The summed E-state index contributed by atoms with van der Waals surface area (Å²) < 4.78 is 0. The lowest BCUT2D eigenvalue weighted by atomic mass is 10.00. The van der Waals surface area contributed by atoms with Gasteiger partial charge >= 0.3 is 5.97 Å². The summed E-state index contributed by atoms with van der Waals surface area (Å²) in [5, 5.41) is 11.1. The maximum absolute atomic E-state index is 10.8. The summed E-state index contributed by atoms with van der Waals surface area (Å²) in [6.45, 7) is 1.90. The van der Waals surface area contributed by atoms with Crippen LogP contribution in [0.2, 0.25) is 0 Å². The molecule has 0 aromatic rings. The molecule has 0 aromatic carbocycles. The number of carbonyl (C=O) groups excluding carboxylic acids is 1. The molecule has 0 saturated carbocycles. The second-order valence-electron chi connectivity index (χ2n) is 2.70. The van der Waals surface area contributed by atoms with E-state index in [1.165, 1.54) is 7.05 Å². The SMILES string of the molecule is CCC[C@@H](CC(=O)NC)C(=O)O.